The zero-order valence-electron chi connectivity index (χ0n) is 18.8. The number of carbonyl (C=O) groups is 1. The number of nitrogens with zero attached hydrogens (tertiary/aromatic N) is 8. The van der Waals surface area contributed by atoms with Crippen molar-refractivity contribution in [3.05, 3.63) is 53.1 Å². The van der Waals surface area contributed by atoms with Crippen molar-refractivity contribution in [3.63, 3.8) is 0 Å². The molecule has 0 spiro atoms. The average molecular weight is 457 g/mol. The summed E-state index contributed by atoms with van der Waals surface area (Å²) in [5.74, 6) is 0.120. The van der Waals surface area contributed by atoms with Gasteiger partial charge in [-0.1, -0.05) is 0 Å². The molecule has 0 aliphatic carbocycles. The Kier molecular flexibility index (Phi) is 5.60. The summed E-state index contributed by atoms with van der Waals surface area (Å²) >= 11 is 0. The van der Waals surface area contributed by atoms with E-state index in [1.807, 2.05) is 35.1 Å². The highest BCUT2D eigenvalue weighted by molar-refractivity contribution is 5.92. The topological polar surface area (TPSA) is 134 Å². The molecule has 172 valence electrons. The van der Waals surface area contributed by atoms with Crippen LogP contribution < -0.4 is 4.90 Å². The molecule has 3 atom stereocenters. The standard InChI is InChI=1S/C24H24N8O2/c1-15-12-32-22(28-23(15)30-13-17(10-26)21(33)14-30)8-19(29-32)20-4-2-3-7-31(20)24(34)18-6-5-16(9-25)11-27-18/h5-6,8,11-12,17,20-21,33H,2-4,7,13-14H2,1H3/t17-,20+,21+/m1/s1. The van der Waals surface area contributed by atoms with Gasteiger partial charge in [-0.2, -0.15) is 15.6 Å². The molecular formula is C24H24N8O2. The van der Waals surface area contributed by atoms with Crippen LogP contribution in [0.15, 0.2) is 30.6 Å². The Labute approximate surface area is 196 Å². The summed E-state index contributed by atoms with van der Waals surface area (Å²) in [5, 5.41) is 33.1. The van der Waals surface area contributed by atoms with Crippen molar-refractivity contribution in [3.8, 4) is 12.1 Å². The first-order chi connectivity index (χ1) is 16.5. The molecule has 1 N–H and O–H groups in total. The van der Waals surface area contributed by atoms with Crippen LogP contribution in [0, 0.1) is 35.5 Å². The highest BCUT2D eigenvalue weighted by Crippen LogP contribution is 2.33. The molecule has 34 heavy (non-hydrogen) atoms. The average Bonchev–Trinajstić information content (AvgIpc) is 3.45. The van der Waals surface area contributed by atoms with Gasteiger partial charge in [0.15, 0.2) is 5.65 Å². The van der Waals surface area contributed by atoms with Crippen LogP contribution in [-0.4, -0.2) is 61.2 Å². The summed E-state index contributed by atoms with van der Waals surface area (Å²) in [4.78, 5) is 26.0. The van der Waals surface area contributed by atoms with Crippen LogP contribution in [0.5, 0.6) is 0 Å². The molecular weight excluding hydrogens is 432 g/mol. The Balaban J connectivity index is 1.44. The van der Waals surface area contributed by atoms with E-state index in [0.29, 0.717) is 36.5 Å². The number of carbonyl (C=O) groups excluding carboxylic acids is 1. The van der Waals surface area contributed by atoms with E-state index in [1.165, 1.54) is 6.20 Å². The number of β-amino-alcohol motifs (C(OH)–C–C–N with tert-alkyl or cyclic N) is 1. The Morgan fingerprint density at radius 1 is 1.24 bits per heavy atom. The summed E-state index contributed by atoms with van der Waals surface area (Å²) in [6.45, 7) is 3.34. The summed E-state index contributed by atoms with van der Waals surface area (Å²) in [5.41, 5.74) is 3.04. The summed E-state index contributed by atoms with van der Waals surface area (Å²) in [7, 11) is 0. The van der Waals surface area contributed by atoms with E-state index < -0.39 is 12.0 Å². The fourth-order valence-electron chi connectivity index (χ4n) is 4.80. The number of hydrogen-bond donors (Lipinski definition) is 1. The Hall–Kier alpha value is -4.02. The van der Waals surface area contributed by atoms with Crippen LogP contribution in [0.25, 0.3) is 5.65 Å². The van der Waals surface area contributed by atoms with Crippen molar-refractivity contribution in [2.24, 2.45) is 5.92 Å². The molecule has 0 aromatic carbocycles. The van der Waals surface area contributed by atoms with E-state index in [9.17, 15) is 15.2 Å². The molecule has 3 aromatic heterocycles. The largest absolute Gasteiger partial charge is 0.390 e. The van der Waals surface area contributed by atoms with Crippen LogP contribution in [-0.2, 0) is 0 Å². The lowest BCUT2D eigenvalue weighted by Crippen LogP contribution is -2.39. The maximum Gasteiger partial charge on any atom is 0.273 e. The predicted octanol–water partition coefficient (Wildman–Crippen LogP) is 1.99. The van der Waals surface area contributed by atoms with Gasteiger partial charge in [0, 0.05) is 43.7 Å². The van der Waals surface area contributed by atoms with E-state index in [2.05, 4.69) is 11.1 Å². The van der Waals surface area contributed by atoms with Crippen LogP contribution in [0.1, 0.15) is 52.6 Å². The van der Waals surface area contributed by atoms with Crippen LogP contribution in [0.2, 0.25) is 0 Å². The first-order valence-electron chi connectivity index (χ1n) is 11.3. The van der Waals surface area contributed by atoms with Crippen LogP contribution in [0.4, 0.5) is 5.82 Å². The number of amides is 1. The lowest BCUT2D eigenvalue weighted by Gasteiger charge is -2.34. The molecule has 0 saturated carbocycles. The molecule has 2 aliphatic rings. The van der Waals surface area contributed by atoms with Crippen molar-refractivity contribution in [2.75, 3.05) is 24.5 Å². The molecule has 2 fully saturated rings. The van der Waals surface area contributed by atoms with Gasteiger partial charge >= 0.3 is 0 Å². The minimum absolute atomic E-state index is 0.176. The minimum atomic E-state index is -0.694. The van der Waals surface area contributed by atoms with Crippen LogP contribution in [0.3, 0.4) is 0 Å². The quantitative estimate of drug-likeness (QED) is 0.632. The maximum atomic E-state index is 13.2. The zero-order valence-corrected chi connectivity index (χ0v) is 18.8. The second-order valence-corrected chi connectivity index (χ2v) is 8.88. The number of pyridine rings is 1. The van der Waals surface area contributed by atoms with Gasteiger partial charge in [0.05, 0.1) is 35.4 Å². The number of hydrogen-bond acceptors (Lipinski definition) is 8. The number of rotatable bonds is 3. The van der Waals surface area contributed by atoms with Gasteiger partial charge in [-0.25, -0.2) is 14.5 Å². The van der Waals surface area contributed by atoms with Crippen molar-refractivity contribution in [2.45, 2.75) is 38.3 Å². The normalized spacial score (nSPS) is 22.5. The highest BCUT2D eigenvalue weighted by atomic mass is 16.3. The molecule has 0 radical (unpaired) electrons. The molecule has 2 saturated heterocycles. The van der Waals surface area contributed by atoms with Gasteiger partial charge in [-0.15, -0.1) is 0 Å². The van der Waals surface area contributed by atoms with E-state index in [-0.39, 0.29) is 11.9 Å². The fourth-order valence-corrected chi connectivity index (χ4v) is 4.80. The number of piperidine rings is 1. The van der Waals surface area contributed by atoms with Gasteiger partial charge in [0.25, 0.3) is 5.91 Å². The smallest absolute Gasteiger partial charge is 0.273 e. The minimum Gasteiger partial charge on any atom is -0.390 e. The van der Waals surface area contributed by atoms with Crippen molar-refractivity contribution < 1.29 is 9.90 Å². The molecule has 0 bridgehead atoms. The van der Waals surface area contributed by atoms with Gasteiger partial charge in [0.2, 0.25) is 0 Å². The lowest BCUT2D eigenvalue weighted by atomic mass is 9.99. The highest BCUT2D eigenvalue weighted by Gasteiger charge is 2.34. The summed E-state index contributed by atoms with van der Waals surface area (Å²) in [6, 6.07) is 9.08. The third-order valence-corrected chi connectivity index (χ3v) is 6.60. The van der Waals surface area contributed by atoms with Crippen molar-refractivity contribution >= 4 is 17.4 Å². The molecule has 5 heterocycles. The van der Waals surface area contributed by atoms with Gasteiger partial charge in [0.1, 0.15) is 17.6 Å². The van der Waals surface area contributed by atoms with E-state index in [1.54, 1.807) is 16.6 Å². The number of aliphatic hydroxyl groups excluding tert-OH is 1. The number of likely N-dealkylation sites (tertiary alicyclic amines) is 1. The van der Waals surface area contributed by atoms with Crippen molar-refractivity contribution in [1.82, 2.24) is 24.5 Å². The Morgan fingerprint density at radius 2 is 2.09 bits per heavy atom. The lowest BCUT2D eigenvalue weighted by molar-refractivity contribution is 0.0599. The predicted molar refractivity (Wildman–Crippen MR) is 122 cm³/mol. The molecule has 1 amide bonds. The fraction of sp³-hybridized carbons (Fsp3) is 0.417. The molecule has 10 heteroatoms. The van der Waals surface area contributed by atoms with Gasteiger partial charge < -0.3 is 14.9 Å². The van der Waals surface area contributed by atoms with Crippen LogP contribution >= 0.6 is 0 Å². The third-order valence-electron chi connectivity index (χ3n) is 6.60. The monoisotopic (exact) mass is 456 g/mol. The van der Waals surface area contributed by atoms with Crippen molar-refractivity contribution in [1.29, 1.82) is 10.5 Å². The van der Waals surface area contributed by atoms with E-state index >= 15 is 0 Å². The van der Waals surface area contributed by atoms with E-state index in [4.69, 9.17) is 15.3 Å². The Morgan fingerprint density at radius 3 is 2.79 bits per heavy atom. The zero-order chi connectivity index (χ0) is 23.8. The first-order valence-corrected chi connectivity index (χ1v) is 11.3. The van der Waals surface area contributed by atoms with E-state index in [0.717, 1.165) is 36.3 Å². The number of anilines is 1. The third kappa shape index (κ3) is 3.82. The number of aryl methyl sites for hydroxylation is 1. The second-order valence-electron chi connectivity index (χ2n) is 8.88. The van der Waals surface area contributed by atoms with Gasteiger partial charge in [-0.3, -0.25) is 4.79 Å². The molecule has 10 nitrogen and oxygen atoms in total. The molecule has 2 aliphatic heterocycles. The second kappa shape index (κ2) is 8.73. The first kappa shape index (κ1) is 21.8. The molecule has 5 rings (SSSR count). The summed E-state index contributed by atoms with van der Waals surface area (Å²) in [6.07, 6.45) is 5.30. The number of fused-ring (bicyclic) bond motifs is 1. The summed E-state index contributed by atoms with van der Waals surface area (Å²) < 4.78 is 1.72. The number of aliphatic hydroxyl groups is 1. The Bertz CT molecular complexity index is 1320. The molecule has 0 unspecified atom stereocenters. The number of aromatic nitrogens is 4. The SMILES string of the molecule is Cc1cn2nc([C@@H]3CCCCN3C(=O)c3ccc(C#N)cn3)cc2nc1N1C[C@@H](C#N)[C@@H](O)C1. The molecule has 3 aromatic rings. The van der Waals surface area contributed by atoms with Gasteiger partial charge in [-0.05, 0) is 38.3 Å². The maximum absolute atomic E-state index is 13.2. The number of nitriles is 2.